The number of aliphatic hydroxyl groups is 4. The minimum Gasteiger partial charge on any atom is -0.475 e. The van der Waals surface area contributed by atoms with E-state index in [4.69, 9.17) is 52.6 Å². The van der Waals surface area contributed by atoms with Crippen LogP contribution in [0, 0.1) is 28.6 Å². The number of carbonyl (C=O) groups excluding carboxylic acids is 12. The van der Waals surface area contributed by atoms with E-state index >= 15 is 14.4 Å². The lowest BCUT2D eigenvalue weighted by atomic mass is 9.86. The molecule has 1 heterocycles. The van der Waals surface area contributed by atoms with Crippen molar-refractivity contribution in [2.45, 2.75) is 232 Å². The summed E-state index contributed by atoms with van der Waals surface area (Å²) >= 11 is 0. The molecule has 116 heavy (non-hydrogen) atoms. The van der Waals surface area contributed by atoms with Crippen molar-refractivity contribution in [1.82, 2.24) is 58.5 Å². The maximum Gasteiger partial charge on any atom is 0.490 e. The van der Waals surface area contributed by atoms with Crippen LogP contribution >= 0.6 is 0 Å². The molecule has 48 heteroatoms. The van der Waals surface area contributed by atoms with Crippen molar-refractivity contribution in [3.8, 4) is 0 Å². The summed E-state index contributed by atoms with van der Waals surface area (Å²) in [5, 5.41) is 92.9. The van der Waals surface area contributed by atoms with Crippen molar-refractivity contribution in [2.75, 3.05) is 38.7 Å². The molecule has 0 radical (unpaired) electrons. The van der Waals surface area contributed by atoms with Crippen molar-refractivity contribution in [1.29, 1.82) is 0 Å². The highest BCUT2D eigenvalue weighted by atomic mass is 19.4. The third-order valence-electron chi connectivity index (χ3n) is 16.1. The van der Waals surface area contributed by atoms with E-state index in [1.54, 1.807) is 79.6 Å². The Morgan fingerprint density at radius 2 is 1.00 bits per heavy atom. The highest BCUT2D eigenvalue weighted by molar-refractivity contribution is 6.01. The Morgan fingerprint density at radius 3 is 1.41 bits per heavy atom. The molecule has 662 valence electrons. The molecule has 0 aliphatic carbocycles. The van der Waals surface area contributed by atoms with Crippen molar-refractivity contribution < 1.29 is 147 Å². The number of nitrogens with zero attached hydrogens (tertiary/aromatic N) is 2. The Kier molecular flexibility index (Phi) is 44.6. The van der Waals surface area contributed by atoms with Gasteiger partial charge in [0.15, 0.2) is 12.1 Å². The number of amides is 12. The van der Waals surface area contributed by atoms with Gasteiger partial charge in [-0.1, -0.05) is 102 Å². The van der Waals surface area contributed by atoms with Crippen LogP contribution in [0.3, 0.4) is 0 Å². The van der Waals surface area contributed by atoms with Crippen molar-refractivity contribution in [2.24, 2.45) is 56.5 Å². The number of nitrogens with one attached hydrogen (secondary N) is 11. The first-order chi connectivity index (χ1) is 52.8. The van der Waals surface area contributed by atoms with Crippen LogP contribution in [0.5, 0.6) is 0 Å². The topological polar surface area (TPSA) is 650 Å². The highest BCUT2D eigenvalue weighted by Gasteiger charge is 2.45. The third kappa shape index (κ3) is 40.7. The number of aliphatic imine (C=N–C) groups is 1. The second kappa shape index (κ2) is 48.1. The van der Waals surface area contributed by atoms with E-state index < -0.39 is 228 Å². The molecule has 39 nitrogen and oxygen atoms in total. The fourth-order valence-electron chi connectivity index (χ4n) is 9.96. The number of carboxylic acid groups (broad SMARTS) is 3. The summed E-state index contributed by atoms with van der Waals surface area (Å²) in [6, 6.07) is -13.5. The largest absolute Gasteiger partial charge is 0.490 e. The average molecular weight is 1690 g/mol. The molecule has 1 saturated heterocycles. The van der Waals surface area contributed by atoms with Gasteiger partial charge in [-0.2, -0.15) is 39.5 Å². The fourth-order valence-corrected chi connectivity index (χ4v) is 9.96. The minimum atomic E-state index is -5.08. The Morgan fingerprint density at radius 1 is 0.569 bits per heavy atom. The molecule has 0 unspecified atom stereocenters. The van der Waals surface area contributed by atoms with Gasteiger partial charge < -0.3 is 122 Å². The molecule has 15 atom stereocenters. The van der Waals surface area contributed by atoms with Gasteiger partial charge in [-0.25, -0.2) is 14.4 Å². The monoisotopic (exact) mass is 1690 g/mol. The summed E-state index contributed by atoms with van der Waals surface area (Å²) in [5.41, 5.74) is 22.3. The number of carboxylic acids is 3. The zero-order chi connectivity index (χ0) is 91.0. The first-order valence-corrected chi connectivity index (χ1v) is 35.5. The lowest BCUT2D eigenvalue weighted by molar-refractivity contribution is -0.193. The maximum absolute atomic E-state index is 15.6. The normalized spacial score (nSPS) is 21.9. The number of anilines is 1. The fraction of sp³-hybridized carbons (Fsp3) is 0.676. The van der Waals surface area contributed by atoms with E-state index in [1.165, 1.54) is 26.0 Å². The molecule has 0 aromatic heterocycles. The molecule has 1 aromatic carbocycles. The number of rotatable bonds is 22. The molecular weight excluding hydrogens is 1580 g/mol. The number of hydrogen-bond acceptors (Lipinski definition) is 22. The number of hydrogen-bond donors (Lipinski definition) is 22. The zero-order valence-electron chi connectivity index (χ0n) is 66.3. The van der Waals surface area contributed by atoms with Crippen LogP contribution in [0.15, 0.2) is 29.3 Å². The number of nitrogens with two attached hydrogens (primary N) is 4. The molecule has 0 spiro atoms. The van der Waals surface area contributed by atoms with Crippen molar-refractivity contribution in [3.63, 3.8) is 0 Å². The second-order valence-corrected chi connectivity index (χ2v) is 29.9. The van der Waals surface area contributed by atoms with Gasteiger partial charge in [0.05, 0.1) is 37.4 Å². The average Bonchev–Trinajstić information content (AvgIpc) is 0.803. The SMILES string of the molecule is CC[C@H](C)[C@@H]1NC(=O)[C@@H](CCCN=C(N)N)NC(=O)[C@H](CC(C)C)NC(=O)[C@H]([C@H](O)C(C)C)NC(=O)[C@@H](NC(=O)[C@H](CC(C)(C)C)NC(=O)[C@H](N)CC(C)(C)C)[C@@H](c2ccc(N(C)C)cc2)NC(=O)[C@H](CO)NC(=O)[C@H]([C@H](O)C(N)=O)NC(=O)CNC(=O)[C@H]([C@H](C)O)NC1=O.O=C(O)C(F)(F)F.O=C(O)C(F)(F)F.O=C(O)C(F)(F)F. The van der Waals surface area contributed by atoms with E-state index in [1.807, 2.05) is 26.1 Å². The Balaban J connectivity index is 0. The van der Waals surface area contributed by atoms with Crippen LogP contribution in [-0.2, 0) is 71.9 Å². The van der Waals surface area contributed by atoms with Crippen LogP contribution in [-0.4, -0.2) is 262 Å². The second-order valence-electron chi connectivity index (χ2n) is 29.9. The predicted molar refractivity (Wildman–Crippen MR) is 393 cm³/mol. The van der Waals surface area contributed by atoms with E-state index in [0.717, 1.165) is 6.92 Å². The van der Waals surface area contributed by atoms with Crippen molar-refractivity contribution >= 4 is 100 Å². The van der Waals surface area contributed by atoms with Gasteiger partial charge in [0.2, 0.25) is 70.9 Å². The summed E-state index contributed by atoms with van der Waals surface area (Å²) < 4.78 is 95.2. The molecule has 0 saturated carbocycles. The first kappa shape index (κ1) is 108. The molecule has 1 aliphatic rings. The summed E-state index contributed by atoms with van der Waals surface area (Å²) in [6.45, 7) is 19.2. The number of benzene rings is 1. The van der Waals surface area contributed by atoms with E-state index in [2.05, 4.69) is 58.2 Å². The van der Waals surface area contributed by atoms with Crippen LogP contribution in [0.25, 0.3) is 0 Å². The van der Waals surface area contributed by atoms with Gasteiger partial charge in [-0.05, 0) is 85.3 Å². The highest BCUT2D eigenvalue weighted by Crippen LogP contribution is 2.27. The number of halogens is 9. The molecule has 26 N–H and O–H groups in total. The quantitative estimate of drug-likeness (QED) is 0.0236. The molecule has 2 rings (SSSR count). The Labute approximate surface area is 661 Å². The van der Waals surface area contributed by atoms with Crippen molar-refractivity contribution in [3.05, 3.63) is 29.8 Å². The van der Waals surface area contributed by atoms with Crippen LogP contribution in [0.1, 0.15) is 140 Å². The lowest BCUT2D eigenvalue weighted by Gasteiger charge is -2.35. The molecule has 1 fully saturated rings. The van der Waals surface area contributed by atoms with Crippen LogP contribution < -0.4 is 86.3 Å². The predicted octanol–water partition coefficient (Wildman–Crippen LogP) is -3.12. The van der Waals surface area contributed by atoms with Crippen LogP contribution in [0.4, 0.5) is 45.2 Å². The van der Waals surface area contributed by atoms with Crippen LogP contribution in [0.2, 0.25) is 0 Å². The zero-order valence-corrected chi connectivity index (χ0v) is 66.3. The summed E-state index contributed by atoms with van der Waals surface area (Å²) in [6.07, 6.45) is -21.3. The number of alkyl halides is 9. The summed E-state index contributed by atoms with van der Waals surface area (Å²) in [5.74, 6) is -24.7. The summed E-state index contributed by atoms with van der Waals surface area (Å²) in [7, 11) is 3.42. The smallest absolute Gasteiger partial charge is 0.475 e. The first-order valence-electron chi connectivity index (χ1n) is 35.5. The standard InChI is InChI=1S/C62H107N17O16.3C2HF3O2/c1-16-31(6)41-56(92)75-42(32(7)81)55(91)68-27-40(82)73-46(48(84)49(64)85)59(95)72-39(28-80)54(90)76-43(33-19-21-34(22-20-33)79(14)15)44(77-53(89)38(26-62(11,12)13)71-50(86)35(63)25-61(8,9)10)57(93)78-45(47(83)30(4)5)58(94)70-37(24-29(2)3)52(88)69-36(51(87)74-41)18-17-23-67-60(65)66;3*3-2(4,5)1(6)7/h19-22,29-32,35-39,41-48,80-81,83-84H,16-18,23-28,63H2,1-15H3,(H2,64,85)(H,68,91)(H,69,88)(H,70,94)(H,71,86)(H,72,95)(H,73,82)(H,74,87)(H,75,92)(H,76,90)(H,77,89)(H,78,93)(H4,65,66,67);3*(H,6,7)/t31-,32-,35+,36+,37-,38-,39-,41-,42-,43+,44-,45-,46-,47+,48-;;;/m0.../s1. The van der Waals surface area contributed by atoms with Gasteiger partial charge >= 0.3 is 36.4 Å². The maximum atomic E-state index is 15.6. The molecular formula is C68H110F9N17O22. The van der Waals surface area contributed by atoms with Gasteiger partial charge in [0, 0.05) is 26.3 Å². The van der Waals surface area contributed by atoms with Gasteiger partial charge in [-0.15, -0.1) is 0 Å². The minimum absolute atomic E-state index is 0.0239. The molecule has 0 bridgehead atoms. The van der Waals surface area contributed by atoms with E-state index in [-0.39, 0.29) is 62.5 Å². The van der Waals surface area contributed by atoms with E-state index in [9.17, 15) is 103 Å². The molecule has 1 aromatic rings. The molecule has 12 amide bonds. The number of carbonyl (C=O) groups is 15. The Bertz CT molecular complexity index is 3460. The van der Waals surface area contributed by atoms with E-state index in [0.29, 0.717) is 5.69 Å². The van der Waals surface area contributed by atoms with Gasteiger partial charge in [-0.3, -0.25) is 62.5 Å². The lowest BCUT2D eigenvalue weighted by Crippen LogP contribution is -2.65. The number of guanidine groups is 1. The van der Waals surface area contributed by atoms with Gasteiger partial charge in [0.1, 0.15) is 54.4 Å². The molecule has 1 aliphatic heterocycles. The number of aliphatic hydroxyl groups excluding tert-OH is 4. The number of primary amides is 1. The Hall–Kier alpha value is -10.5. The third-order valence-corrected chi connectivity index (χ3v) is 16.1. The summed E-state index contributed by atoms with van der Waals surface area (Å²) in [4.78, 5) is 204. The van der Waals surface area contributed by atoms with Gasteiger partial charge in [0.25, 0.3) is 0 Å². The number of aliphatic carboxylic acids is 3.